The third kappa shape index (κ3) is 10.1. The molecule has 1 aromatic heterocycles. The molecule has 0 amide bonds. The number of nitrogens with zero attached hydrogens (tertiary/aromatic N) is 2. The molecule has 5 heteroatoms. The van der Waals surface area contributed by atoms with Crippen molar-refractivity contribution >= 4 is 19.4 Å². The number of aryl methyl sites for hydroxylation is 1. The molecule has 2 nitrogen and oxygen atoms in total. The Bertz CT molecular complexity index is 604. The number of rotatable bonds is 3. The van der Waals surface area contributed by atoms with Gasteiger partial charge in [0.1, 0.15) is 0 Å². The van der Waals surface area contributed by atoms with Gasteiger partial charge in [0.15, 0.2) is 17.7 Å². The van der Waals surface area contributed by atoms with Crippen molar-refractivity contribution in [1.82, 2.24) is 9.13 Å². The SMILES string of the molecule is Cc1c(C)n(C(C)C)[cH+]n1C(C)C.Cc1ccc(C(C)C)cc1.[CH3-].[Cl][Ru][Cl]. The third-order valence-corrected chi connectivity index (χ3v) is 4.40. The Morgan fingerprint density at radius 1 is 0.778 bits per heavy atom. The monoisotopic (exact) mass is 502 g/mol. The van der Waals surface area contributed by atoms with Crippen molar-refractivity contribution in [2.24, 2.45) is 0 Å². The molecule has 0 radical (unpaired) electrons. The van der Waals surface area contributed by atoms with Gasteiger partial charge in [0.05, 0.1) is 12.1 Å². The molecule has 0 fully saturated rings. The Morgan fingerprint density at radius 2 is 1.11 bits per heavy atom. The molecule has 0 saturated carbocycles. The van der Waals surface area contributed by atoms with Gasteiger partial charge >= 0.3 is 34.5 Å². The van der Waals surface area contributed by atoms with E-state index in [0.717, 1.165) is 0 Å². The molecule has 0 saturated heterocycles. The second-order valence-corrected chi connectivity index (χ2v) is 10.0. The first-order chi connectivity index (χ1) is 12.1. The van der Waals surface area contributed by atoms with E-state index in [1.54, 1.807) is 0 Å². The van der Waals surface area contributed by atoms with Crippen LogP contribution in [0.3, 0.4) is 0 Å². The average molecular weight is 503 g/mol. The van der Waals surface area contributed by atoms with Crippen LogP contribution < -0.4 is 0 Å². The van der Waals surface area contributed by atoms with E-state index in [4.69, 9.17) is 19.4 Å². The quantitative estimate of drug-likeness (QED) is 0.295. The predicted octanol–water partition coefficient (Wildman–Crippen LogP) is 8.29. The van der Waals surface area contributed by atoms with Crippen LogP contribution in [0.5, 0.6) is 0 Å². The minimum atomic E-state index is -0.346. The first-order valence-corrected chi connectivity index (χ1v) is 13.5. The molecule has 1 aromatic carbocycles. The fourth-order valence-electron chi connectivity index (χ4n) is 2.67. The zero-order chi connectivity index (χ0) is 20.4. The van der Waals surface area contributed by atoms with Crippen molar-refractivity contribution in [1.29, 1.82) is 0 Å². The van der Waals surface area contributed by atoms with E-state index in [0.29, 0.717) is 18.0 Å². The zero-order valence-electron chi connectivity index (χ0n) is 18.6. The molecular formula is C22H38Cl2N2Ru. The van der Waals surface area contributed by atoms with Crippen LogP contribution in [0.2, 0.25) is 0 Å². The van der Waals surface area contributed by atoms with E-state index < -0.39 is 0 Å². The van der Waals surface area contributed by atoms with Gasteiger partial charge in [-0.2, -0.15) is 0 Å². The fourth-order valence-corrected chi connectivity index (χ4v) is 2.67. The van der Waals surface area contributed by atoms with Crippen molar-refractivity contribution in [3.05, 3.63) is 60.5 Å². The number of imidazole rings is 1. The summed E-state index contributed by atoms with van der Waals surface area (Å²) in [5.41, 5.74) is 5.52. The van der Waals surface area contributed by atoms with Gasteiger partial charge in [0.2, 0.25) is 0 Å². The molecule has 0 aliphatic carbocycles. The van der Waals surface area contributed by atoms with E-state index in [2.05, 4.69) is 102 Å². The Morgan fingerprint density at radius 3 is 1.33 bits per heavy atom. The average Bonchev–Trinajstić information content (AvgIpc) is 2.85. The third-order valence-electron chi connectivity index (χ3n) is 4.40. The van der Waals surface area contributed by atoms with E-state index in [-0.39, 0.29) is 22.6 Å². The van der Waals surface area contributed by atoms with E-state index in [1.165, 1.54) is 22.5 Å². The van der Waals surface area contributed by atoms with Crippen molar-refractivity contribution in [3.63, 3.8) is 0 Å². The maximum absolute atomic E-state index is 4.85. The summed E-state index contributed by atoms with van der Waals surface area (Å²) < 4.78 is 4.66. The summed E-state index contributed by atoms with van der Waals surface area (Å²) in [4.78, 5) is 0. The predicted molar refractivity (Wildman–Crippen MR) is 120 cm³/mol. The van der Waals surface area contributed by atoms with Crippen molar-refractivity contribution in [3.8, 4) is 0 Å². The van der Waals surface area contributed by atoms with E-state index in [9.17, 15) is 0 Å². The van der Waals surface area contributed by atoms with Gasteiger partial charge in [-0.15, -0.1) is 0 Å². The van der Waals surface area contributed by atoms with Gasteiger partial charge in [-0.25, -0.2) is 9.13 Å². The van der Waals surface area contributed by atoms with Crippen LogP contribution in [0.25, 0.3) is 0 Å². The fraction of sp³-hybridized carbons (Fsp3) is 0.545. The number of hydrogen-bond acceptors (Lipinski definition) is 0. The molecule has 0 aliphatic heterocycles. The molecule has 2 aromatic rings. The van der Waals surface area contributed by atoms with Gasteiger partial charge in [0, 0.05) is 13.8 Å². The first kappa shape index (κ1) is 28.8. The summed E-state index contributed by atoms with van der Waals surface area (Å²) in [6.45, 7) is 19.8. The number of aromatic nitrogens is 2. The van der Waals surface area contributed by atoms with Crippen LogP contribution in [0.15, 0.2) is 30.6 Å². The van der Waals surface area contributed by atoms with Crippen molar-refractivity contribution in [2.45, 2.75) is 80.3 Å². The van der Waals surface area contributed by atoms with Crippen LogP contribution in [0, 0.1) is 28.2 Å². The van der Waals surface area contributed by atoms with Crippen LogP contribution >= 0.6 is 19.4 Å². The summed E-state index contributed by atoms with van der Waals surface area (Å²) in [5.74, 6) is 0.653. The number of hydrogen-bond donors (Lipinski definition) is 0. The summed E-state index contributed by atoms with van der Waals surface area (Å²) in [7, 11) is 9.71. The summed E-state index contributed by atoms with van der Waals surface area (Å²) in [5, 5.41) is 0. The second kappa shape index (κ2) is 14.6. The molecule has 0 aliphatic rings. The maximum atomic E-state index is 4.85. The summed E-state index contributed by atoms with van der Waals surface area (Å²) >= 11 is -0.346. The molecule has 0 N–H and O–H groups in total. The Balaban J connectivity index is 0. The number of halogens is 2. The molecule has 0 unspecified atom stereocenters. The molecule has 2 rings (SSSR count). The number of benzene rings is 1. The van der Waals surface area contributed by atoms with Crippen LogP contribution in [-0.2, 0) is 15.1 Å². The van der Waals surface area contributed by atoms with Gasteiger partial charge < -0.3 is 7.43 Å². The molecular weight excluding hydrogens is 464 g/mol. The Hall–Kier alpha value is -0.367. The molecule has 0 spiro atoms. The van der Waals surface area contributed by atoms with E-state index >= 15 is 0 Å². The van der Waals surface area contributed by atoms with Crippen LogP contribution in [-0.4, -0.2) is 9.13 Å². The first-order valence-electron chi connectivity index (χ1n) is 9.07. The molecule has 158 valence electrons. The minimum absolute atomic E-state index is 0. The van der Waals surface area contributed by atoms with E-state index in [1.807, 2.05) is 0 Å². The molecule has 0 atom stereocenters. The van der Waals surface area contributed by atoms with Gasteiger partial charge in [-0.1, -0.05) is 43.7 Å². The van der Waals surface area contributed by atoms with Crippen LogP contribution in [0.1, 0.15) is 82.1 Å². The topological polar surface area (TPSA) is 9.86 Å². The molecule has 27 heavy (non-hydrogen) atoms. The zero-order valence-corrected chi connectivity index (χ0v) is 21.9. The standard InChI is InChI=1S/C11H21N2.C10H14.CH3.2ClH.Ru/c1-8(2)12-7-13(9(3)4)11(6)10(12)5;1-8(2)10-6-4-9(3)5-7-10;;;;/h7-9H,1-6H3;4-8H,1-3H3;1H3;2*1H;/q+1;;-1;;;+2/p-2. The Kier molecular flexibility index (Phi) is 15.6. The van der Waals surface area contributed by atoms with Crippen molar-refractivity contribution in [2.75, 3.05) is 0 Å². The van der Waals surface area contributed by atoms with Crippen LogP contribution in [0.4, 0.5) is 0 Å². The van der Waals surface area contributed by atoms with Gasteiger partial charge in [-0.3, -0.25) is 0 Å². The van der Waals surface area contributed by atoms with Gasteiger partial charge in [-0.05, 0) is 46.1 Å². The summed E-state index contributed by atoms with van der Waals surface area (Å²) in [6, 6.07) is 9.82. The van der Waals surface area contributed by atoms with Gasteiger partial charge in [0.25, 0.3) is 0 Å². The normalized spacial score (nSPS) is 10.3. The summed E-state index contributed by atoms with van der Waals surface area (Å²) in [6.07, 6.45) is 2.22. The second-order valence-electron chi connectivity index (χ2n) is 7.40. The molecule has 0 bridgehead atoms. The van der Waals surface area contributed by atoms with Crippen molar-refractivity contribution < 1.29 is 15.1 Å². The Labute approximate surface area is 184 Å². The molecule has 1 heterocycles.